The summed E-state index contributed by atoms with van der Waals surface area (Å²) >= 11 is 0. The van der Waals surface area contributed by atoms with Crippen LogP contribution in [0.5, 0.6) is 0 Å². The molecule has 0 aliphatic rings. The summed E-state index contributed by atoms with van der Waals surface area (Å²) in [4.78, 5) is 12.4. The molecule has 0 spiro atoms. The summed E-state index contributed by atoms with van der Waals surface area (Å²) in [6.45, 7) is 4.37. The third-order valence-corrected chi connectivity index (χ3v) is 4.04. The highest BCUT2D eigenvalue weighted by Gasteiger charge is 2.09. The average Bonchev–Trinajstić information content (AvgIpc) is 2.63. The first-order valence-corrected chi connectivity index (χ1v) is 8.21. The Morgan fingerprint density at radius 3 is 2.00 bits per heavy atom. The Morgan fingerprint density at radius 1 is 0.750 bits per heavy atom. The molecule has 0 saturated heterocycles. The standard InChI is InChI=1S/C22H21NO/c1-16(2)20-10-6-7-11-21(20)23-19-14-12-18(13-15-19)22(24)17-8-4-3-5-9-17/h3-16,23H,1-2H3. The van der Waals surface area contributed by atoms with Crippen molar-refractivity contribution in [3.63, 3.8) is 0 Å². The maximum Gasteiger partial charge on any atom is 0.193 e. The Morgan fingerprint density at radius 2 is 1.33 bits per heavy atom. The average molecular weight is 315 g/mol. The number of ketones is 1. The largest absolute Gasteiger partial charge is 0.355 e. The molecule has 0 amide bonds. The van der Waals surface area contributed by atoms with Crippen LogP contribution in [0.1, 0.15) is 41.3 Å². The van der Waals surface area contributed by atoms with E-state index in [9.17, 15) is 4.79 Å². The van der Waals surface area contributed by atoms with Gasteiger partial charge >= 0.3 is 0 Å². The molecule has 0 atom stereocenters. The van der Waals surface area contributed by atoms with Gasteiger partial charge in [-0.2, -0.15) is 0 Å². The Labute approximate surface area is 143 Å². The minimum Gasteiger partial charge on any atom is -0.355 e. The number of para-hydroxylation sites is 1. The van der Waals surface area contributed by atoms with E-state index in [1.54, 1.807) is 0 Å². The van der Waals surface area contributed by atoms with Gasteiger partial charge in [0.1, 0.15) is 0 Å². The van der Waals surface area contributed by atoms with E-state index in [0.29, 0.717) is 17.0 Å². The molecule has 2 heteroatoms. The van der Waals surface area contributed by atoms with Crippen LogP contribution in [-0.4, -0.2) is 5.78 Å². The molecule has 0 aliphatic carbocycles. The minimum atomic E-state index is 0.0460. The third kappa shape index (κ3) is 3.54. The molecule has 0 unspecified atom stereocenters. The summed E-state index contributed by atoms with van der Waals surface area (Å²) in [5.74, 6) is 0.498. The topological polar surface area (TPSA) is 29.1 Å². The second-order valence-corrected chi connectivity index (χ2v) is 6.14. The number of carbonyl (C=O) groups excluding carboxylic acids is 1. The second-order valence-electron chi connectivity index (χ2n) is 6.14. The van der Waals surface area contributed by atoms with Crippen molar-refractivity contribution in [2.24, 2.45) is 0 Å². The minimum absolute atomic E-state index is 0.0460. The van der Waals surface area contributed by atoms with Crippen LogP contribution in [0.15, 0.2) is 78.9 Å². The summed E-state index contributed by atoms with van der Waals surface area (Å²) in [5, 5.41) is 3.45. The molecule has 0 heterocycles. The number of carbonyl (C=O) groups is 1. The predicted molar refractivity (Wildman–Crippen MR) is 100 cm³/mol. The molecule has 3 aromatic rings. The maximum atomic E-state index is 12.4. The van der Waals surface area contributed by atoms with Gasteiger partial charge in [0.05, 0.1) is 0 Å². The maximum absolute atomic E-state index is 12.4. The fourth-order valence-electron chi connectivity index (χ4n) is 2.73. The van der Waals surface area contributed by atoms with Crippen LogP contribution in [0.4, 0.5) is 11.4 Å². The van der Waals surface area contributed by atoms with Crippen molar-refractivity contribution in [1.82, 2.24) is 0 Å². The second kappa shape index (κ2) is 7.14. The molecule has 0 aromatic heterocycles. The zero-order chi connectivity index (χ0) is 16.9. The fourth-order valence-corrected chi connectivity index (χ4v) is 2.73. The normalized spacial score (nSPS) is 10.6. The Balaban J connectivity index is 1.80. The van der Waals surface area contributed by atoms with Gasteiger partial charge in [0, 0.05) is 22.5 Å². The van der Waals surface area contributed by atoms with Crippen LogP contribution in [0.25, 0.3) is 0 Å². The van der Waals surface area contributed by atoms with Gasteiger partial charge in [-0.25, -0.2) is 0 Å². The van der Waals surface area contributed by atoms with Gasteiger partial charge in [-0.3, -0.25) is 4.79 Å². The van der Waals surface area contributed by atoms with Crippen LogP contribution in [-0.2, 0) is 0 Å². The van der Waals surface area contributed by atoms with E-state index in [0.717, 1.165) is 11.4 Å². The van der Waals surface area contributed by atoms with Crippen molar-refractivity contribution in [3.05, 3.63) is 95.6 Å². The van der Waals surface area contributed by atoms with E-state index in [-0.39, 0.29) is 5.78 Å². The van der Waals surface area contributed by atoms with Gasteiger partial charge in [-0.15, -0.1) is 0 Å². The first-order valence-electron chi connectivity index (χ1n) is 8.21. The first kappa shape index (κ1) is 16.0. The van der Waals surface area contributed by atoms with Gasteiger partial charge in [-0.05, 0) is 41.8 Å². The van der Waals surface area contributed by atoms with E-state index in [1.807, 2.05) is 60.7 Å². The van der Waals surface area contributed by atoms with Crippen molar-refractivity contribution in [1.29, 1.82) is 0 Å². The van der Waals surface area contributed by atoms with E-state index < -0.39 is 0 Å². The molecule has 0 radical (unpaired) electrons. The predicted octanol–water partition coefficient (Wildman–Crippen LogP) is 5.78. The van der Waals surface area contributed by atoms with Gasteiger partial charge in [0.2, 0.25) is 0 Å². The Hall–Kier alpha value is -2.87. The molecule has 120 valence electrons. The van der Waals surface area contributed by atoms with Crippen molar-refractivity contribution in [2.75, 3.05) is 5.32 Å². The van der Waals surface area contributed by atoms with Crippen LogP contribution in [0, 0.1) is 0 Å². The number of nitrogens with one attached hydrogen (secondary N) is 1. The molecule has 3 aromatic carbocycles. The molecular weight excluding hydrogens is 294 g/mol. The number of hydrogen-bond acceptors (Lipinski definition) is 2. The number of benzene rings is 3. The van der Waals surface area contributed by atoms with Gasteiger partial charge in [0.15, 0.2) is 5.78 Å². The lowest BCUT2D eigenvalue weighted by molar-refractivity contribution is 0.103. The van der Waals surface area contributed by atoms with Crippen molar-refractivity contribution in [2.45, 2.75) is 19.8 Å². The summed E-state index contributed by atoms with van der Waals surface area (Å²) in [7, 11) is 0. The quantitative estimate of drug-likeness (QED) is 0.604. The first-order chi connectivity index (χ1) is 11.6. The lowest BCUT2D eigenvalue weighted by Gasteiger charge is -2.14. The van der Waals surface area contributed by atoms with E-state index in [1.165, 1.54) is 5.56 Å². The van der Waals surface area contributed by atoms with E-state index >= 15 is 0 Å². The van der Waals surface area contributed by atoms with Crippen molar-refractivity contribution in [3.8, 4) is 0 Å². The molecule has 0 aliphatic heterocycles. The van der Waals surface area contributed by atoms with Crippen molar-refractivity contribution < 1.29 is 4.79 Å². The summed E-state index contributed by atoms with van der Waals surface area (Å²) < 4.78 is 0. The summed E-state index contributed by atoms with van der Waals surface area (Å²) in [6, 6.07) is 25.3. The Kier molecular flexibility index (Phi) is 4.76. The molecule has 3 rings (SSSR count). The van der Waals surface area contributed by atoms with Gasteiger partial charge in [-0.1, -0.05) is 62.4 Å². The Bertz CT molecular complexity index is 820. The summed E-state index contributed by atoms with van der Waals surface area (Å²) in [6.07, 6.45) is 0. The lowest BCUT2D eigenvalue weighted by Crippen LogP contribution is -2.01. The molecule has 0 fully saturated rings. The highest BCUT2D eigenvalue weighted by molar-refractivity contribution is 6.09. The fraction of sp³-hybridized carbons (Fsp3) is 0.136. The molecule has 1 N–H and O–H groups in total. The molecular formula is C22H21NO. The van der Waals surface area contributed by atoms with Crippen LogP contribution in [0.3, 0.4) is 0 Å². The van der Waals surface area contributed by atoms with E-state index in [4.69, 9.17) is 0 Å². The smallest absolute Gasteiger partial charge is 0.193 e. The highest BCUT2D eigenvalue weighted by atomic mass is 16.1. The van der Waals surface area contributed by atoms with Gasteiger partial charge in [0.25, 0.3) is 0 Å². The molecule has 0 bridgehead atoms. The molecule has 0 saturated carbocycles. The van der Waals surface area contributed by atoms with Crippen LogP contribution in [0.2, 0.25) is 0 Å². The number of rotatable bonds is 5. The SMILES string of the molecule is CC(C)c1ccccc1Nc1ccc(C(=O)c2ccccc2)cc1. The highest BCUT2D eigenvalue weighted by Crippen LogP contribution is 2.27. The van der Waals surface area contributed by atoms with Crippen LogP contribution < -0.4 is 5.32 Å². The summed E-state index contributed by atoms with van der Waals surface area (Å²) in [5.41, 5.74) is 4.77. The zero-order valence-electron chi connectivity index (χ0n) is 14.0. The number of hydrogen-bond donors (Lipinski definition) is 1. The van der Waals surface area contributed by atoms with E-state index in [2.05, 4.69) is 37.4 Å². The molecule has 2 nitrogen and oxygen atoms in total. The number of anilines is 2. The zero-order valence-corrected chi connectivity index (χ0v) is 14.0. The van der Waals surface area contributed by atoms with Gasteiger partial charge < -0.3 is 5.32 Å². The monoisotopic (exact) mass is 315 g/mol. The third-order valence-electron chi connectivity index (χ3n) is 4.04. The molecule has 24 heavy (non-hydrogen) atoms. The lowest BCUT2D eigenvalue weighted by atomic mass is 10.0. The van der Waals surface area contributed by atoms with Crippen molar-refractivity contribution >= 4 is 17.2 Å². The van der Waals surface area contributed by atoms with Crippen LogP contribution >= 0.6 is 0 Å².